The molecule has 0 aliphatic carbocycles. The van der Waals surface area contributed by atoms with Gasteiger partial charge < -0.3 is 9.84 Å². The lowest BCUT2D eigenvalue weighted by molar-refractivity contribution is 0.0640. The number of aliphatic hydroxyl groups is 1. The number of rotatable bonds is 1. The van der Waals surface area contributed by atoms with E-state index in [0.29, 0.717) is 6.42 Å². The Hall–Kier alpha value is -1.39. The van der Waals surface area contributed by atoms with E-state index >= 15 is 0 Å². The van der Waals surface area contributed by atoms with Gasteiger partial charge in [-0.05, 0) is 6.07 Å². The lowest BCUT2D eigenvalue weighted by Gasteiger charge is -2.28. The van der Waals surface area contributed by atoms with Crippen LogP contribution in [0.1, 0.15) is 29.9 Å². The summed E-state index contributed by atoms with van der Waals surface area (Å²) in [5.74, 6) is 0.763. The van der Waals surface area contributed by atoms with Crippen LogP contribution in [0, 0.1) is 0 Å². The highest BCUT2D eigenvalue weighted by Gasteiger charge is 2.28. The number of fused-ring (bicyclic) bond motifs is 1. The van der Waals surface area contributed by atoms with Crippen LogP contribution in [0.3, 0.4) is 0 Å². The molecule has 82 valence electrons. The number of benzene rings is 1. The van der Waals surface area contributed by atoms with Gasteiger partial charge in [0, 0.05) is 17.4 Å². The predicted octanol–water partition coefficient (Wildman–Crippen LogP) is 2.70. The van der Waals surface area contributed by atoms with Crippen molar-refractivity contribution in [1.82, 2.24) is 4.98 Å². The number of hydrogen-bond acceptors (Lipinski definition) is 4. The summed E-state index contributed by atoms with van der Waals surface area (Å²) in [5, 5.41) is 12.0. The Bertz CT molecular complexity index is 484. The summed E-state index contributed by atoms with van der Waals surface area (Å²) < 4.78 is 5.83. The maximum atomic E-state index is 10.0. The SMILES string of the molecule is O[C@@H]1CC(c2cscn2)Oc2ccccc21. The molecule has 0 saturated heterocycles. The molecule has 0 fully saturated rings. The molecule has 16 heavy (non-hydrogen) atoms. The Morgan fingerprint density at radius 3 is 3.06 bits per heavy atom. The molecule has 1 aromatic carbocycles. The number of thiazole rings is 1. The summed E-state index contributed by atoms with van der Waals surface area (Å²) in [6, 6.07) is 7.61. The molecule has 3 rings (SSSR count). The normalized spacial score (nSPS) is 23.6. The van der Waals surface area contributed by atoms with Crippen LogP contribution in [0.4, 0.5) is 0 Å². The summed E-state index contributed by atoms with van der Waals surface area (Å²) >= 11 is 1.54. The second-order valence-electron chi connectivity index (χ2n) is 3.81. The molecule has 2 atom stereocenters. The fourth-order valence-electron chi connectivity index (χ4n) is 1.96. The summed E-state index contributed by atoms with van der Waals surface area (Å²) in [6.07, 6.45) is -0.0198. The average Bonchev–Trinajstić information content (AvgIpc) is 2.82. The zero-order chi connectivity index (χ0) is 11.0. The number of para-hydroxylation sites is 1. The minimum Gasteiger partial charge on any atom is -0.484 e. The molecule has 2 heterocycles. The number of aliphatic hydroxyl groups excluding tert-OH is 1. The highest BCUT2D eigenvalue weighted by atomic mass is 32.1. The largest absolute Gasteiger partial charge is 0.484 e. The monoisotopic (exact) mass is 233 g/mol. The van der Waals surface area contributed by atoms with E-state index in [1.165, 1.54) is 0 Å². The van der Waals surface area contributed by atoms with E-state index in [0.717, 1.165) is 17.0 Å². The molecule has 1 N–H and O–H groups in total. The number of aromatic nitrogens is 1. The summed E-state index contributed by atoms with van der Waals surface area (Å²) in [4.78, 5) is 4.23. The zero-order valence-corrected chi connectivity index (χ0v) is 9.35. The van der Waals surface area contributed by atoms with Gasteiger partial charge >= 0.3 is 0 Å². The van der Waals surface area contributed by atoms with E-state index in [4.69, 9.17) is 4.74 Å². The topological polar surface area (TPSA) is 42.4 Å². The van der Waals surface area contributed by atoms with E-state index in [9.17, 15) is 5.11 Å². The first kappa shape index (κ1) is 9.81. The minimum absolute atomic E-state index is 0.129. The van der Waals surface area contributed by atoms with E-state index in [-0.39, 0.29) is 6.10 Å². The van der Waals surface area contributed by atoms with Crippen LogP contribution in [-0.4, -0.2) is 10.1 Å². The van der Waals surface area contributed by atoms with Gasteiger partial charge in [0.15, 0.2) is 0 Å². The molecule has 1 aromatic heterocycles. The van der Waals surface area contributed by atoms with Crippen LogP contribution >= 0.6 is 11.3 Å². The molecule has 0 saturated carbocycles. The first-order valence-corrected chi connectivity index (χ1v) is 6.10. The van der Waals surface area contributed by atoms with E-state index < -0.39 is 6.10 Å². The van der Waals surface area contributed by atoms with Crippen molar-refractivity contribution in [2.45, 2.75) is 18.6 Å². The van der Waals surface area contributed by atoms with E-state index in [2.05, 4.69) is 4.98 Å². The number of hydrogen-bond donors (Lipinski definition) is 1. The van der Waals surface area contributed by atoms with Gasteiger partial charge in [0.2, 0.25) is 0 Å². The Labute approximate surface area is 97.3 Å². The smallest absolute Gasteiger partial charge is 0.144 e. The highest BCUT2D eigenvalue weighted by Crippen LogP contribution is 2.40. The Morgan fingerprint density at radius 2 is 2.25 bits per heavy atom. The van der Waals surface area contributed by atoms with E-state index in [1.807, 2.05) is 29.6 Å². The first-order valence-electron chi connectivity index (χ1n) is 5.16. The van der Waals surface area contributed by atoms with Gasteiger partial charge in [0.25, 0.3) is 0 Å². The lowest BCUT2D eigenvalue weighted by Crippen LogP contribution is -2.19. The van der Waals surface area contributed by atoms with Crippen molar-refractivity contribution in [2.75, 3.05) is 0 Å². The van der Waals surface area contributed by atoms with Gasteiger partial charge in [-0.1, -0.05) is 18.2 Å². The van der Waals surface area contributed by atoms with Crippen LogP contribution in [-0.2, 0) is 0 Å². The second kappa shape index (κ2) is 3.88. The van der Waals surface area contributed by atoms with Crippen molar-refractivity contribution in [3.63, 3.8) is 0 Å². The van der Waals surface area contributed by atoms with Crippen molar-refractivity contribution in [3.05, 3.63) is 46.4 Å². The standard InChI is InChI=1S/C12H11NO2S/c14-10-5-12(9-6-16-7-13-9)15-11-4-2-1-3-8(10)11/h1-4,6-7,10,12,14H,5H2/t10-,12?/m1/s1. The van der Waals surface area contributed by atoms with Crippen molar-refractivity contribution >= 4 is 11.3 Å². The van der Waals surface area contributed by atoms with E-state index in [1.54, 1.807) is 16.8 Å². The molecule has 1 unspecified atom stereocenters. The number of ether oxygens (including phenoxy) is 1. The number of nitrogens with zero attached hydrogens (tertiary/aromatic N) is 1. The minimum atomic E-state index is -0.461. The van der Waals surface area contributed by atoms with Crippen LogP contribution in [0.5, 0.6) is 5.75 Å². The predicted molar refractivity (Wildman–Crippen MR) is 61.5 cm³/mol. The molecular weight excluding hydrogens is 222 g/mol. The first-order chi connectivity index (χ1) is 7.84. The van der Waals surface area contributed by atoms with Crippen molar-refractivity contribution < 1.29 is 9.84 Å². The van der Waals surface area contributed by atoms with Crippen LogP contribution < -0.4 is 4.74 Å². The molecule has 1 aliphatic rings. The molecule has 3 nitrogen and oxygen atoms in total. The molecular formula is C12H11NO2S. The summed E-state index contributed by atoms with van der Waals surface area (Å²) in [6.45, 7) is 0. The molecule has 0 spiro atoms. The van der Waals surface area contributed by atoms with Crippen LogP contribution in [0.15, 0.2) is 35.2 Å². The zero-order valence-electron chi connectivity index (χ0n) is 8.54. The molecule has 0 radical (unpaired) electrons. The highest BCUT2D eigenvalue weighted by molar-refractivity contribution is 7.07. The van der Waals surface area contributed by atoms with Crippen LogP contribution in [0.2, 0.25) is 0 Å². The van der Waals surface area contributed by atoms with Gasteiger partial charge in [-0.3, -0.25) is 0 Å². The Morgan fingerprint density at radius 1 is 1.38 bits per heavy atom. The Balaban J connectivity index is 1.95. The van der Waals surface area contributed by atoms with Crippen LogP contribution in [0.25, 0.3) is 0 Å². The molecule has 2 aromatic rings. The van der Waals surface area contributed by atoms with Gasteiger partial charge in [0.1, 0.15) is 11.9 Å². The van der Waals surface area contributed by atoms with Crippen molar-refractivity contribution in [2.24, 2.45) is 0 Å². The average molecular weight is 233 g/mol. The fraction of sp³-hybridized carbons (Fsp3) is 0.250. The Kier molecular flexibility index (Phi) is 2.38. The van der Waals surface area contributed by atoms with Gasteiger partial charge in [-0.25, -0.2) is 4.98 Å². The third kappa shape index (κ3) is 1.60. The van der Waals surface area contributed by atoms with Gasteiger partial charge in [0.05, 0.1) is 17.3 Å². The second-order valence-corrected chi connectivity index (χ2v) is 4.53. The summed E-state index contributed by atoms with van der Waals surface area (Å²) in [5.41, 5.74) is 3.55. The van der Waals surface area contributed by atoms with Crippen molar-refractivity contribution in [1.29, 1.82) is 0 Å². The fourth-order valence-corrected chi connectivity index (χ4v) is 2.55. The maximum absolute atomic E-state index is 10.0. The quantitative estimate of drug-likeness (QED) is 0.823. The molecule has 0 bridgehead atoms. The maximum Gasteiger partial charge on any atom is 0.144 e. The third-order valence-electron chi connectivity index (χ3n) is 2.77. The van der Waals surface area contributed by atoms with Gasteiger partial charge in [-0.15, -0.1) is 11.3 Å². The van der Waals surface area contributed by atoms with Gasteiger partial charge in [-0.2, -0.15) is 0 Å². The lowest BCUT2D eigenvalue weighted by atomic mass is 9.98. The molecule has 1 aliphatic heterocycles. The molecule has 0 amide bonds. The molecule has 4 heteroatoms. The third-order valence-corrected chi connectivity index (χ3v) is 3.37. The summed E-state index contributed by atoms with van der Waals surface area (Å²) in [7, 11) is 0. The van der Waals surface area contributed by atoms with Crippen molar-refractivity contribution in [3.8, 4) is 5.75 Å².